The zero-order valence-electron chi connectivity index (χ0n) is 15.6. The molecule has 0 spiro atoms. The van der Waals surface area contributed by atoms with E-state index in [9.17, 15) is 21.6 Å². The van der Waals surface area contributed by atoms with Crippen molar-refractivity contribution in [2.24, 2.45) is 7.05 Å². The van der Waals surface area contributed by atoms with Gasteiger partial charge in [0.15, 0.2) is 26.2 Å². The Bertz CT molecular complexity index is 1370. The monoisotopic (exact) mass is 424 g/mol. The van der Waals surface area contributed by atoms with Crippen molar-refractivity contribution < 1.29 is 21.6 Å². The van der Waals surface area contributed by atoms with E-state index < -0.39 is 21.6 Å². The zero-order chi connectivity index (χ0) is 21.1. The van der Waals surface area contributed by atoms with Gasteiger partial charge in [-0.15, -0.1) is 0 Å². The Morgan fingerprint density at radius 1 is 1.17 bits per heavy atom. The van der Waals surface area contributed by atoms with Gasteiger partial charge in [0.2, 0.25) is 0 Å². The van der Waals surface area contributed by atoms with Crippen LogP contribution in [-0.4, -0.2) is 43.3 Å². The second kappa shape index (κ2) is 6.24. The molecule has 0 radical (unpaired) electrons. The lowest BCUT2D eigenvalue weighted by atomic mass is 10.2. The van der Waals surface area contributed by atoms with Crippen LogP contribution in [0.2, 0.25) is 0 Å². The van der Waals surface area contributed by atoms with Crippen LogP contribution in [0, 0.1) is 6.92 Å². The fourth-order valence-corrected chi connectivity index (χ4v) is 4.02. The molecule has 0 aliphatic rings. The van der Waals surface area contributed by atoms with E-state index in [0.717, 1.165) is 12.3 Å². The number of rotatable bonds is 3. The number of halogens is 3. The molecule has 0 amide bonds. The summed E-state index contributed by atoms with van der Waals surface area (Å²) in [5.41, 5.74) is 0.245. The van der Waals surface area contributed by atoms with Crippen LogP contribution in [-0.2, 0) is 23.1 Å². The highest BCUT2D eigenvalue weighted by Crippen LogP contribution is 2.34. The fourth-order valence-electron chi connectivity index (χ4n) is 3.05. The van der Waals surface area contributed by atoms with Crippen molar-refractivity contribution in [2.45, 2.75) is 25.0 Å². The lowest BCUT2D eigenvalue weighted by molar-refractivity contribution is -0.137. The van der Waals surface area contributed by atoms with Crippen molar-refractivity contribution in [1.82, 2.24) is 29.1 Å². The molecule has 152 valence electrons. The number of hydrogen-bond acceptors (Lipinski definition) is 6. The molecule has 4 aromatic rings. The lowest BCUT2D eigenvalue weighted by Crippen LogP contribution is -2.07. The third kappa shape index (κ3) is 2.94. The number of aryl methyl sites for hydroxylation is 2. The van der Waals surface area contributed by atoms with Gasteiger partial charge < -0.3 is 4.57 Å². The molecule has 12 heteroatoms. The van der Waals surface area contributed by atoms with Crippen LogP contribution in [0.15, 0.2) is 29.6 Å². The van der Waals surface area contributed by atoms with E-state index in [-0.39, 0.29) is 39.0 Å². The van der Waals surface area contributed by atoms with E-state index in [1.165, 1.54) is 22.2 Å². The maximum absolute atomic E-state index is 13.0. The number of nitrogens with zero attached hydrogens (tertiary/aromatic N) is 6. The number of alkyl halides is 3. The molecule has 0 atom stereocenters. The van der Waals surface area contributed by atoms with Crippen LogP contribution in [0.1, 0.15) is 18.2 Å². The summed E-state index contributed by atoms with van der Waals surface area (Å²) in [6, 6.07) is 2.54. The molecule has 0 saturated heterocycles. The predicted molar refractivity (Wildman–Crippen MR) is 98.0 cm³/mol. The highest BCUT2D eigenvalue weighted by Gasteiger charge is 2.33. The zero-order valence-corrected chi connectivity index (χ0v) is 16.4. The van der Waals surface area contributed by atoms with Gasteiger partial charge in [-0.05, 0) is 19.1 Å². The van der Waals surface area contributed by atoms with Crippen LogP contribution >= 0.6 is 0 Å². The minimum absolute atomic E-state index is 0.0100. The van der Waals surface area contributed by atoms with E-state index in [2.05, 4.69) is 20.1 Å². The Kier molecular flexibility index (Phi) is 4.15. The van der Waals surface area contributed by atoms with Crippen molar-refractivity contribution >= 4 is 26.6 Å². The maximum atomic E-state index is 13.0. The van der Waals surface area contributed by atoms with Crippen LogP contribution in [0.5, 0.6) is 0 Å². The lowest BCUT2D eigenvalue weighted by Gasteiger charge is -2.05. The average molecular weight is 424 g/mol. The largest absolute Gasteiger partial charge is 0.417 e. The summed E-state index contributed by atoms with van der Waals surface area (Å²) < 4.78 is 67.3. The topological polar surface area (TPSA) is 95.0 Å². The third-order valence-corrected chi connectivity index (χ3v) is 6.25. The molecule has 4 aromatic heterocycles. The number of hydrogen-bond donors (Lipinski definition) is 0. The normalized spacial score (nSPS) is 12.9. The molecule has 0 bridgehead atoms. The Morgan fingerprint density at radius 2 is 1.90 bits per heavy atom. The van der Waals surface area contributed by atoms with Crippen LogP contribution in [0.3, 0.4) is 0 Å². The Labute approximate surface area is 163 Å². The molecule has 0 unspecified atom stereocenters. The van der Waals surface area contributed by atoms with Crippen molar-refractivity contribution in [3.63, 3.8) is 0 Å². The number of aromatic nitrogens is 6. The average Bonchev–Trinajstić information content (AvgIpc) is 3.20. The summed E-state index contributed by atoms with van der Waals surface area (Å²) in [6.45, 7) is 3.22. The number of pyridine rings is 1. The Hall–Kier alpha value is -3.02. The highest BCUT2D eigenvalue weighted by atomic mass is 32.2. The van der Waals surface area contributed by atoms with Gasteiger partial charge in [-0.2, -0.15) is 18.3 Å². The SMILES string of the molecule is CCS(=O)(=O)c1nn2c(C)ccnc2c1-c1nc2cc(C(F)(F)F)cnc2n1C. The number of imidazole rings is 1. The van der Waals surface area contributed by atoms with Gasteiger partial charge in [-0.3, -0.25) is 0 Å². The third-order valence-electron chi connectivity index (χ3n) is 4.61. The first-order chi connectivity index (χ1) is 13.5. The van der Waals surface area contributed by atoms with Crippen molar-refractivity contribution in [3.05, 3.63) is 35.8 Å². The van der Waals surface area contributed by atoms with E-state index in [1.807, 2.05) is 0 Å². The van der Waals surface area contributed by atoms with E-state index in [4.69, 9.17) is 0 Å². The maximum Gasteiger partial charge on any atom is 0.417 e. The van der Waals surface area contributed by atoms with Crippen LogP contribution in [0.4, 0.5) is 13.2 Å². The first-order valence-electron chi connectivity index (χ1n) is 8.51. The van der Waals surface area contributed by atoms with Gasteiger partial charge in [0.1, 0.15) is 16.9 Å². The fraction of sp³-hybridized carbons (Fsp3) is 0.294. The summed E-state index contributed by atoms with van der Waals surface area (Å²) >= 11 is 0. The molecule has 4 rings (SSSR count). The van der Waals surface area contributed by atoms with E-state index in [1.54, 1.807) is 20.0 Å². The second-order valence-electron chi connectivity index (χ2n) is 6.46. The van der Waals surface area contributed by atoms with Gasteiger partial charge in [-0.25, -0.2) is 27.9 Å². The number of sulfone groups is 1. The van der Waals surface area contributed by atoms with Gasteiger partial charge >= 0.3 is 6.18 Å². The Balaban J connectivity index is 2.09. The van der Waals surface area contributed by atoms with Crippen molar-refractivity contribution in [2.75, 3.05) is 5.75 Å². The highest BCUT2D eigenvalue weighted by molar-refractivity contribution is 7.91. The Morgan fingerprint density at radius 3 is 2.55 bits per heavy atom. The predicted octanol–water partition coefficient (Wildman–Crippen LogP) is 2.80. The van der Waals surface area contributed by atoms with E-state index in [0.29, 0.717) is 5.69 Å². The molecule has 0 aliphatic heterocycles. The molecule has 8 nitrogen and oxygen atoms in total. The van der Waals surface area contributed by atoms with Crippen LogP contribution in [0.25, 0.3) is 28.2 Å². The smallest absolute Gasteiger partial charge is 0.312 e. The quantitative estimate of drug-likeness (QED) is 0.502. The van der Waals surface area contributed by atoms with Crippen molar-refractivity contribution in [3.8, 4) is 11.4 Å². The summed E-state index contributed by atoms with van der Waals surface area (Å²) in [7, 11) is -2.22. The summed E-state index contributed by atoms with van der Waals surface area (Å²) in [6.07, 6.45) is -2.35. The molecule has 0 aliphatic carbocycles. The summed E-state index contributed by atoms with van der Waals surface area (Å²) in [5.74, 6) is -0.0875. The minimum atomic E-state index is -4.57. The minimum Gasteiger partial charge on any atom is -0.312 e. The van der Waals surface area contributed by atoms with Gasteiger partial charge in [0.05, 0.1) is 11.3 Å². The first-order valence-corrected chi connectivity index (χ1v) is 10.2. The second-order valence-corrected chi connectivity index (χ2v) is 8.66. The number of fused-ring (bicyclic) bond motifs is 2. The molecule has 0 aromatic carbocycles. The molecular weight excluding hydrogens is 409 g/mol. The molecule has 0 fully saturated rings. The van der Waals surface area contributed by atoms with Crippen LogP contribution < -0.4 is 0 Å². The first kappa shape index (κ1) is 19.3. The molecule has 29 heavy (non-hydrogen) atoms. The van der Waals surface area contributed by atoms with Gasteiger partial charge in [0, 0.05) is 25.1 Å². The molecular formula is C17H15F3N6O2S. The van der Waals surface area contributed by atoms with Gasteiger partial charge in [0.25, 0.3) is 0 Å². The van der Waals surface area contributed by atoms with E-state index >= 15 is 0 Å². The summed E-state index contributed by atoms with van der Waals surface area (Å²) in [4.78, 5) is 12.4. The standard InChI is InChI=1S/C17H15F3N6O2S/c1-4-29(27,28)16-12(14-21-6-5-9(2)26(14)24-16)15-23-11-7-10(17(18,19)20)8-22-13(11)25(15)3/h5-8H,4H2,1-3H3. The summed E-state index contributed by atoms with van der Waals surface area (Å²) in [5, 5.41) is 3.99. The molecule has 0 saturated carbocycles. The molecule has 4 heterocycles. The van der Waals surface area contributed by atoms with Crippen molar-refractivity contribution in [1.29, 1.82) is 0 Å². The van der Waals surface area contributed by atoms with Gasteiger partial charge in [-0.1, -0.05) is 6.92 Å². The molecule has 0 N–H and O–H groups in total.